The highest BCUT2D eigenvalue weighted by Crippen LogP contribution is 2.30. The Morgan fingerprint density at radius 1 is 1.61 bits per heavy atom. The molecule has 1 aliphatic rings. The predicted octanol–water partition coefficient (Wildman–Crippen LogP) is -1.37. The zero-order chi connectivity index (χ0) is 13.3. The van der Waals surface area contributed by atoms with E-state index in [-0.39, 0.29) is 5.82 Å². The Balaban J connectivity index is 2.30. The Kier molecular flexibility index (Phi) is 3.57. The summed E-state index contributed by atoms with van der Waals surface area (Å²) >= 11 is 0. The summed E-state index contributed by atoms with van der Waals surface area (Å²) in [6.45, 7) is -0.559. The second kappa shape index (κ2) is 4.98. The monoisotopic (exact) mass is 261 g/mol. The number of anilines is 1. The third-order valence-corrected chi connectivity index (χ3v) is 2.69. The van der Waals surface area contributed by atoms with E-state index < -0.39 is 36.9 Å². The Bertz CT molecular complexity index is 482. The van der Waals surface area contributed by atoms with E-state index in [0.29, 0.717) is 0 Å². The van der Waals surface area contributed by atoms with Crippen molar-refractivity contribution in [2.45, 2.75) is 24.6 Å². The molecule has 100 valence electrons. The van der Waals surface area contributed by atoms with Crippen LogP contribution in [0.1, 0.15) is 6.23 Å². The molecule has 2 heterocycles. The van der Waals surface area contributed by atoms with E-state index >= 15 is 0 Å². The van der Waals surface area contributed by atoms with Crippen LogP contribution in [0.5, 0.6) is 0 Å². The molecule has 0 bridgehead atoms. The number of aromatic nitrogens is 2. The normalized spacial score (nSPS) is 31.6. The first-order chi connectivity index (χ1) is 8.58. The van der Waals surface area contributed by atoms with E-state index in [0.717, 1.165) is 10.8 Å². The number of alkyl halides is 1. The average Bonchev–Trinajstić information content (AvgIpc) is 2.66. The molecule has 1 fully saturated rings. The number of hydrogen-bond acceptors (Lipinski definition) is 7. The van der Waals surface area contributed by atoms with Crippen LogP contribution in [0.25, 0.3) is 0 Å². The number of aliphatic hydroxyl groups excluding tert-OH is 2. The summed E-state index contributed by atoms with van der Waals surface area (Å²) in [7, 11) is 0. The quantitative estimate of drug-likeness (QED) is 0.496. The average molecular weight is 261 g/mol. The van der Waals surface area contributed by atoms with Crippen LogP contribution in [0.4, 0.5) is 10.2 Å². The van der Waals surface area contributed by atoms with Crippen LogP contribution in [0.3, 0.4) is 0 Å². The van der Waals surface area contributed by atoms with Gasteiger partial charge in [-0.15, -0.1) is 0 Å². The number of ether oxygens (including phenoxy) is 1. The van der Waals surface area contributed by atoms with Crippen molar-refractivity contribution in [3.63, 3.8) is 0 Å². The molecule has 1 aromatic heterocycles. The summed E-state index contributed by atoms with van der Waals surface area (Å²) in [5.74, 6) is -0.0936. The van der Waals surface area contributed by atoms with E-state index in [1.807, 2.05) is 0 Å². The van der Waals surface area contributed by atoms with Crippen molar-refractivity contribution < 1.29 is 24.5 Å². The minimum atomic E-state index is -1.85. The van der Waals surface area contributed by atoms with E-state index in [9.17, 15) is 14.3 Å². The number of aliphatic hydroxyl groups is 2. The van der Waals surface area contributed by atoms with Crippen molar-refractivity contribution in [3.05, 3.63) is 22.7 Å². The molecule has 0 aliphatic carbocycles. The molecule has 4 N–H and O–H groups in total. The third-order valence-electron chi connectivity index (χ3n) is 2.69. The van der Waals surface area contributed by atoms with Crippen LogP contribution in [0.15, 0.2) is 17.1 Å². The van der Waals surface area contributed by atoms with Gasteiger partial charge in [0.1, 0.15) is 12.2 Å². The van der Waals surface area contributed by atoms with Gasteiger partial charge in [0.05, 0.1) is 6.61 Å². The molecule has 1 unspecified atom stereocenters. The zero-order valence-electron chi connectivity index (χ0n) is 9.10. The smallest absolute Gasteiger partial charge is 0.351 e. The fourth-order valence-corrected chi connectivity index (χ4v) is 1.75. The minimum absolute atomic E-state index is 0.0936. The predicted molar refractivity (Wildman–Crippen MR) is 55.8 cm³/mol. The van der Waals surface area contributed by atoms with Gasteiger partial charge in [-0.3, -0.25) is 15.3 Å². The fraction of sp³-hybridized carbons (Fsp3) is 0.556. The molecule has 0 amide bonds. The van der Waals surface area contributed by atoms with Crippen molar-refractivity contribution >= 4 is 5.82 Å². The molecule has 2 rings (SSSR count). The van der Waals surface area contributed by atoms with Gasteiger partial charge in [0.25, 0.3) is 0 Å². The largest absolute Gasteiger partial charge is 0.394 e. The van der Waals surface area contributed by atoms with Crippen molar-refractivity contribution in [3.8, 4) is 0 Å². The number of halogens is 1. The summed E-state index contributed by atoms with van der Waals surface area (Å²) in [5, 5.41) is 26.9. The van der Waals surface area contributed by atoms with E-state index in [2.05, 4.69) is 4.98 Å². The highest BCUT2D eigenvalue weighted by molar-refractivity contribution is 5.28. The Morgan fingerprint density at radius 2 is 2.33 bits per heavy atom. The molecular formula is C9H12FN3O5. The maximum Gasteiger partial charge on any atom is 0.351 e. The molecule has 0 radical (unpaired) electrons. The lowest BCUT2D eigenvalue weighted by Gasteiger charge is -2.15. The van der Waals surface area contributed by atoms with Gasteiger partial charge in [0.2, 0.25) is 0 Å². The van der Waals surface area contributed by atoms with Crippen LogP contribution in [0, 0.1) is 0 Å². The SMILES string of the molecule is O=c1nc(NO)ccn1[C@@H]1O[C@H](CO)[C@H](O)C1F. The van der Waals surface area contributed by atoms with Crippen LogP contribution in [0.2, 0.25) is 0 Å². The first kappa shape index (κ1) is 12.9. The molecule has 8 nitrogen and oxygen atoms in total. The molecule has 1 saturated heterocycles. The minimum Gasteiger partial charge on any atom is -0.394 e. The Morgan fingerprint density at radius 3 is 2.83 bits per heavy atom. The van der Waals surface area contributed by atoms with Crippen LogP contribution < -0.4 is 11.2 Å². The number of nitrogens with one attached hydrogen (secondary N) is 1. The van der Waals surface area contributed by atoms with Gasteiger partial charge in [0, 0.05) is 6.20 Å². The van der Waals surface area contributed by atoms with E-state index in [1.54, 1.807) is 5.48 Å². The summed E-state index contributed by atoms with van der Waals surface area (Å²) in [6, 6.07) is 1.23. The second-order valence-electron chi connectivity index (χ2n) is 3.80. The van der Waals surface area contributed by atoms with Gasteiger partial charge in [0.15, 0.2) is 18.2 Å². The van der Waals surface area contributed by atoms with E-state index in [1.165, 1.54) is 6.07 Å². The van der Waals surface area contributed by atoms with Gasteiger partial charge in [-0.1, -0.05) is 0 Å². The number of rotatable bonds is 3. The molecule has 0 saturated carbocycles. The molecular weight excluding hydrogens is 249 g/mol. The van der Waals surface area contributed by atoms with Gasteiger partial charge in [-0.2, -0.15) is 4.98 Å². The van der Waals surface area contributed by atoms with Gasteiger partial charge >= 0.3 is 5.69 Å². The van der Waals surface area contributed by atoms with Gasteiger partial charge in [-0.05, 0) is 6.07 Å². The topological polar surface area (TPSA) is 117 Å². The van der Waals surface area contributed by atoms with Crippen molar-refractivity contribution in [1.82, 2.24) is 9.55 Å². The maximum absolute atomic E-state index is 13.7. The summed E-state index contributed by atoms with van der Waals surface area (Å²) in [4.78, 5) is 14.9. The zero-order valence-corrected chi connectivity index (χ0v) is 9.10. The van der Waals surface area contributed by atoms with Gasteiger partial charge in [-0.25, -0.2) is 9.18 Å². The van der Waals surface area contributed by atoms with Crippen LogP contribution in [-0.2, 0) is 4.74 Å². The lowest BCUT2D eigenvalue weighted by Crippen LogP contribution is -2.33. The molecule has 0 spiro atoms. The first-order valence-electron chi connectivity index (χ1n) is 5.16. The Labute approximate surface area is 100 Å². The van der Waals surface area contributed by atoms with Crippen molar-refractivity contribution in [2.75, 3.05) is 12.1 Å². The number of hydrogen-bond donors (Lipinski definition) is 4. The van der Waals surface area contributed by atoms with Gasteiger partial charge < -0.3 is 14.9 Å². The van der Waals surface area contributed by atoms with Crippen LogP contribution >= 0.6 is 0 Å². The highest BCUT2D eigenvalue weighted by atomic mass is 19.1. The Hall–Kier alpha value is -1.55. The maximum atomic E-state index is 13.7. The van der Waals surface area contributed by atoms with Crippen molar-refractivity contribution in [1.29, 1.82) is 0 Å². The lowest BCUT2D eigenvalue weighted by molar-refractivity contribution is -0.0491. The summed E-state index contributed by atoms with van der Waals surface area (Å²) in [6.07, 6.45) is -4.65. The highest BCUT2D eigenvalue weighted by Gasteiger charge is 2.45. The lowest BCUT2D eigenvalue weighted by atomic mass is 10.1. The third kappa shape index (κ3) is 2.08. The summed E-state index contributed by atoms with van der Waals surface area (Å²) in [5.41, 5.74) is 0.823. The summed E-state index contributed by atoms with van der Waals surface area (Å²) < 4.78 is 19.6. The number of nitrogens with zero attached hydrogens (tertiary/aromatic N) is 2. The first-order valence-corrected chi connectivity index (χ1v) is 5.16. The van der Waals surface area contributed by atoms with Crippen LogP contribution in [-0.4, -0.2) is 50.0 Å². The standard InChI is InChI=1S/C9H12FN3O5/c10-6-7(15)4(3-14)18-8(6)13-2-1-5(12-17)11-9(13)16/h1-2,4,6-8,14-15,17H,3H2,(H,11,12,16)/t4-,6?,7+,8-/m1/s1. The molecule has 9 heteroatoms. The molecule has 18 heavy (non-hydrogen) atoms. The molecule has 0 aromatic carbocycles. The fourth-order valence-electron chi connectivity index (χ4n) is 1.75. The molecule has 1 aromatic rings. The molecule has 4 atom stereocenters. The second-order valence-corrected chi connectivity index (χ2v) is 3.80. The van der Waals surface area contributed by atoms with E-state index in [4.69, 9.17) is 15.1 Å². The van der Waals surface area contributed by atoms with Crippen molar-refractivity contribution in [2.24, 2.45) is 0 Å². The molecule has 1 aliphatic heterocycles.